The molecule has 0 radical (unpaired) electrons. The fourth-order valence-electron chi connectivity index (χ4n) is 3.21. The third-order valence-electron chi connectivity index (χ3n) is 4.94. The third kappa shape index (κ3) is 17.8. The van der Waals surface area contributed by atoms with Crippen LogP contribution >= 0.6 is 0 Å². The molecule has 0 aliphatic carbocycles. The maximum atomic E-state index is 10.4. The number of carbonyl (C=O) groups is 2. The van der Waals surface area contributed by atoms with E-state index in [1.54, 1.807) is 6.92 Å². The number of amidine groups is 1. The molecule has 0 fully saturated rings. The lowest BCUT2D eigenvalue weighted by Gasteiger charge is -2.18. The van der Waals surface area contributed by atoms with E-state index in [4.69, 9.17) is 10.2 Å². The standard InChI is InChI=1S/C16H32O2.C6H10N2O2/c1-2-3-4-5-6-7-8-9-10-11-12-13-14-15-16(17)18;1-4-7-3-2-5(8-4)6(9)10/h2-15H2,1H3,(H,17,18);5H,2-3H2,1H3,(H,7,8)(H,9,10). The Morgan fingerprint density at radius 2 is 1.36 bits per heavy atom. The number of nitrogens with one attached hydrogen (secondary N) is 1. The van der Waals surface area contributed by atoms with Crippen LogP contribution in [0.4, 0.5) is 0 Å². The van der Waals surface area contributed by atoms with Gasteiger partial charge in [-0.05, 0) is 19.8 Å². The van der Waals surface area contributed by atoms with Gasteiger partial charge in [0.05, 0.1) is 5.84 Å². The molecule has 0 amide bonds. The Hall–Kier alpha value is -1.59. The van der Waals surface area contributed by atoms with E-state index >= 15 is 0 Å². The first-order chi connectivity index (χ1) is 13.5. The molecular formula is C22H42N2O4. The van der Waals surface area contributed by atoms with Crippen LogP contribution in [0.5, 0.6) is 0 Å². The van der Waals surface area contributed by atoms with Crippen LogP contribution in [0.15, 0.2) is 4.99 Å². The molecule has 164 valence electrons. The van der Waals surface area contributed by atoms with Gasteiger partial charge in [0.15, 0.2) is 0 Å². The summed E-state index contributed by atoms with van der Waals surface area (Å²) in [5, 5.41) is 19.8. The molecule has 0 aromatic heterocycles. The average molecular weight is 399 g/mol. The number of hydrogen-bond donors (Lipinski definition) is 3. The minimum atomic E-state index is -0.797. The number of aliphatic carboxylic acids is 2. The van der Waals surface area contributed by atoms with Gasteiger partial charge in [-0.1, -0.05) is 84.0 Å². The van der Waals surface area contributed by atoms with E-state index in [1.165, 1.54) is 70.6 Å². The maximum Gasteiger partial charge on any atom is 0.326 e. The summed E-state index contributed by atoms with van der Waals surface area (Å²) in [6.07, 6.45) is 17.9. The zero-order chi connectivity index (χ0) is 21.0. The molecule has 1 atom stereocenters. The Labute approximate surface area is 171 Å². The Balaban J connectivity index is 0.000000609. The van der Waals surface area contributed by atoms with Gasteiger partial charge < -0.3 is 15.5 Å². The number of aliphatic imine (C=N–C) groups is 1. The Kier molecular flexibility index (Phi) is 17.7. The number of carboxylic acid groups (broad SMARTS) is 2. The van der Waals surface area contributed by atoms with E-state index in [1.807, 2.05) is 0 Å². The monoisotopic (exact) mass is 398 g/mol. The summed E-state index contributed by atoms with van der Waals surface area (Å²) < 4.78 is 0. The van der Waals surface area contributed by atoms with Crippen LogP contribution in [-0.4, -0.2) is 40.6 Å². The van der Waals surface area contributed by atoms with E-state index in [0.717, 1.165) is 18.7 Å². The lowest BCUT2D eigenvalue weighted by Crippen LogP contribution is -2.42. The smallest absolute Gasteiger partial charge is 0.326 e. The molecule has 0 saturated heterocycles. The van der Waals surface area contributed by atoms with E-state index in [2.05, 4.69) is 17.2 Å². The van der Waals surface area contributed by atoms with Crippen LogP contribution in [0.25, 0.3) is 0 Å². The summed E-state index contributed by atoms with van der Waals surface area (Å²) in [5.41, 5.74) is 0. The van der Waals surface area contributed by atoms with E-state index in [9.17, 15) is 9.59 Å². The molecular weight excluding hydrogens is 356 g/mol. The van der Waals surface area contributed by atoms with Gasteiger partial charge in [0.1, 0.15) is 6.04 Å². The molecule has 1 aliphatic rings. The van der Waals surface area contributed by atoms with Crippen LogP contribution in [0, 0.1) is 0 Å². The van der Waals surface area contributed by atoms with Crippen molar-refractivity contribution in [2.45, 2.75) is 116 Å². The van der Waals surface area contributed by atoms with Gasteiger partial charge in [-0.15, -0.1) is 0 Å². The number of rotatable bonds is 15. The van der Waals surface area contributed by atoms with Crippen molar-refractivity contribution < 1.29 is 19.8 Å². The zero-order valence-electron chi connectivity index (χ0n) is 18.0. The topological polar surface area (TPSA) is 99.0 Å². The quantitative estimate of drug-likeness (QED) is 0.321. The van der Waals surface area contributed by atoms with Gasteiger partial charge in [-0.2, -0.15) is 0 Å². The molecule has 0 aromatic rings. The van der Waals surface area contributed by atoms with E-state index in [-0.39, 0.29) is 0 Å². The number of nitrogens with zero attached hydrogens (tertiary/aromatic N) is 1. The molecule has 1 heterocycles. The highest BCUT2D eigenvalue weighted by Gasteiger charge is 2.19. The van der Waals surface area contributed by atoms with Crippen molar-refractivity contribution in [3.8, 4) is 0 Å². The van der Waals surface area contributed by atoms with Gasteiger partial charge in [-0.25, -0.2) is 4.79 Å². The normalized spacial score (nSPS) is 15.8. The first-order valence-electron chi connectivity index (χ1n) is 11.2. The van der Waals surface area contributed by atoms with E-state index < -0.39 is 18.0 Å². The van der Waals surface area contributed by atoms with Crippen molar-refractivity contribution in [3.05, 3.63) is 0 Å². The van der Waals surface area contributed by atoms with E-state index in [0.29, 0.717) is 19.4 Å². The molecule has 6 heteroatoms. The van der Waals surface area contributed by atoms with Gasteiger partial charge in [-0.3, -0.25) is 9.79 Å². The lowest BCUT2D eigenvalue weighted by molar-refractivity contribution is -0.139. The highest BCUT2D eigenvalue weighted by atomic mass is 16.4. The lowest BCUT2D eigenvalue weighted by atomic mass is 10.0. The first kappa shape index (κ1) is 26.4. The van der Waals surface area contributed by atoms with Crippen molar-refractivity contribution in [2.24, 2.45) is 4.99 Å². The predicted molar refractivity (Wildman–Crippen MR) is 115 cm³/mol. The van der Waals surface area contributed by atoms with Crippen molar-refractivity contribution >= 4 is 17.8 Å². The Morgan fingerprint density at radius 3 is 1.71 bits per heavy atom. The van der Waals surface area contributed by atoms with Gasteiger partial charge in [0.2, 0.25) is 0 Å². The predicted octanol–water partition coefficient (Wildman–Crippen LogP) is 5.40. The second-order valence-corrected chi connectivity index (χ2v) is 7.68. The summed E-state index contributed by atoms with van der Waals surface area (Å²) in [5.74, 6) is -0.731. The minimum Gasteiger partial charge on any atom is -0.481 e. The maximum absolute atomic E-state index is 10.4. The molecule has 3 N–H and O–H groups in total. The molecule has 1 rings (SSSR count). The minimum absolute atomic E-state index is 0.345. The molecule has 1 aliphatic heterocycles. The molecule has 0 saturated carbocycles. The summed E-state index contributed by atoms with van der Waals surface area (Å²) in [4.78, 5) is 24.7. The summed E-state index contributed by atoms with van der Waals surface area (Å²) in [6, 6.07) is -0.433. The summed E-state index contributed by atoms with van der Waals surface area (Å²) in [7, 11) is 0. The molecule has 0 bridgehead atoms. The van der Waals surface area contributed by atoms with Crippen molar-refractivity contribution in [1.82, 2.24) is 5.32 Å². The largest absolute Gasteiger partial charge is 0.481 e. The highest BCUT2D eigenvalue weighted by molar-refractivity contribution is 5.86. The fraction of sp³-hybridized carbons (Fsp3) is 0.864. The van der Waals surface area contributed by atoms with Crippen molar-refractivity contribution in [1.29, 1.82) is 0 Å². The fourth-order valence-corrected chi connectivity index (χ4v) is 3.21. The second kappa shape index (κ2) is 18.8. The van der Waals surface area contributed by atoms with Crippen LogP contribution in [-0.2, 0) is 9.59 Å². The summed E-state index contributed by atoms with van der Waals surface area (Å²) >= 11 is 0. The number of unbranched alkanes of at least 4 members (excludes halogenated alkanes) is 12. The molecule has 1 unspecified atom stereocenters. The van der Waals surface area contributed by atoms with Gasteiger partial charge >= 0.3 is 11.9 Å². The Morgan fingerprint density at radius 1 is 0.893 bits per heavy atom. The van der Waals surface area contributed by atoms with Crippen LogP contribution in [0.1, 0.15) is 110 Å². The molecule has 6 nitrogen and oxygen atoms in total. The van der Waals surface area contributed by atoms with Crippen molar-refractivity contribution in [2.75, 3.05) is 6.54 Å². The first-order valence-corrected chi connectivity index (χ1v) is 11.2. The van der Waals surface area contributed by atoms with Crippen molar-refractivity contribution in [3.63, 3.8) is 0 Å². The van der Waals surface area contributed by atoms with Crippen LogP contribution in [0.2, 0.25) is 0 Å². The van der Waals surface area contributed by atoms with Crippen LogP contribution in [0.3, 0.4) is 0 Å². The second-order valence-electron chi connectivity index (χ2n) is 7.68. The molecule has 28 heavy (non-hydrogen) atoms. The van der Waals surface area contributed by atoms with Gasteiger partial charge in [0.25, 0.3) is 0 Å². The third-order valence-corrected chi connectivity index (χ3v) is 4.94. The summed E-state index contributed by atoms with van der Waals surface area (Å²) in [6.45, 7) is 4.65. The number of carboxylic acids is 2. The van der Waals surface area contributed by atoms with Gasteiger partial charge in [0, 0.05) is 13.0 Å². The Bertz CT molecular complexity index is 438. The van der Waals surface area contributed by atoms with Crippen LogP contribution < -0.4 is 5.32 Å². The highest BCUT2D eigenvalue weighted by Crippen LogP contribution is 2.12. The SMILES string of the molecule is CC1=NCCC(C(=O)O)N1.CCCCCCCCCCCCCCCC(=O)O. The number of hydrogen-bond acceptors (Lipinski definition) is 4. The zero-order valence-corrected chi connectivity index (χ0v) is 18.0. The molecule has 0 spiro atoms. The average Bonchev–Trinajstić information content (AvgIpc) is 2.66. The molecule has 0 aromatic carbocycles.